The molecule has 24 heavy (non-hydrogen) atoms. The van der Waals surface area contributed by atoms with E-state index in [1.807, 2.05) is 17.9 Å². The molecule has 3 heterocycles. The molecule has 4 rings (SSSR count). The van der Waals surface area contributed by atoms with E-state index in [-0.39, 0.29) is 5.92 Å². The normalized spacial score (nSPS) is 37.0. The number of rotatable bonds is 3. The summed E-state index contributed by atoms with van der Waals surface area (Å²) in [6.45, 7) is 6.58. The van der Waals surface area contributed by atoms with Gasteiger partial charge in [-0.3, -0.25) is 14.4 Å². The second-order valence-electron chi connectivity index (χ2n) is 8.20. The van der Waals surface area contributed by atoms with Crippen molar-refractivity contribution < 1.29 is 4.79 Å². The largest absolute Gasteiger partial charge is 0.341 e. The van der Waals surface area contributed by atoms with E-state index in [1.165, 1.54) is 24.8 Å². The fourth-order valence-electron chi connectivity index (χ4n) is 5.04. The molecule has 3 aliphatic rings. The van der Waals surface area contributed by atoms with Crippen molar-refractivity contribution in [2.24, 2.45) is 13.0 Å². The van der Waals surface area contributed by atoms with Gasteiger partial charge in [-0.15, -0.1) is 0 Å². The molecule has 3 fully saturated rings. The van der Waals surface area contributed by atoms with Crippen LogP contribution in [-0.4, -0.2) is 56.7 Å². The molecule has 5 heteroatoms. The van der Waals surface area contributed by atoms with E-state index in [0.717, 1.165) is 25.9 Å². The van der Waals surface area contributed by atoms with Crippen LogP contribution in [0, 0.1) is 5.92 Å². The second-order valence-corrected chi connectivity index (χ2v) is 8.20. The Labute approximate surface area is 145 Å². The predicted octanol–water partition coefficient (Wildman–Crippen LogP) is 2.39. The van der Waals surface area contributed by atoms with E-state index < -0.39 is 0 Å². The minimum absolute atomic E-state index is 0.196. The van der Waals surface area contributed by atoms with Crippen LogP contribution in [-0.2, 0) is 11.8 Å². The fourth-order valence-corrected chi connectivity index (χ4v) is 5.04. The maximum Gasteiger partial charge on any atom is 0.226 e. The number of aromatic nitrogens is 2. The van der Waals surface area contributed by atoms with Crippen LogP contribution >= 0.6 is 0 Å². The number of nitrogens with zero attached hydrogens (tertiary/aromatic N) is 4. The molecular formula is C19H30N4O. The number of carbonyl (C=O) groups excluding carboxylic acids is 1. The molecule has 1 aromatic heterocycles. The molecule has 0 radical (unpaired) electrons. The van der Waals surface area contributed by atoms with Gasteiger partial charge in [0.25, 0.3) is 0 Å². The van der Waals surface area contributed by atoms with Crippen molar-refractivity contribution in [3.8, 4) is 0 Å². The number of hydrogen-bond donors (Lipinski definition) is 0. The molecule has 0 aromatic carbocycles. The number of amides is 1. The Hall–Kier alpha value is -1.36. The Morgan fingerprint density at radius 2 is 1.96 bits per heavy atom. The van der Waals surface area contributed by atoms with Gasteiger partial charge in [0.15, 0.2) is 0 Å². The second kappa shape index (κ2) is 6.17. The average Bonchev–Trinajstić information content (AvgIpc) is 3.15. The minimum Gasteiger partial charge on any atom is -0.341 e. The molecule has 0 spiro atoms. The van der Waals surface area contributed by atoms with Crippen LogP contribution in [0.1, 0.15) is 57.4 Å². The van der Waals surface area contributed by atoms with E-state index in [9.17, 15) is 4.79 Å². The molecule has 0 unspecified atom stereocenters. The van der Waals surface area contributed by atoms with Crippen molar-refractivity contribution in [1.82, 2.24) is 19.6 Å². The van der Waals surface area contributed by atoms with Crippen LogP contribution in [0.2, 0.25) is 0 Å². The number of piperidine rings is 1. The molecule has 1 saturated carbocycles. The minimum atomic E-state index is 0.196. The van der Waals surface area contributed by atoms with Crippen molar-refractivity contribution >= 4 is 5.91 Å². The van der Waals surface area contributed by atoms with Crippen LogP contribution in [0.4, 0.5) is 0 Å². The Balaban J connectivity index is 1.39. The van der Waals surface area contributed by atoms with Gasteiger partial charge in [0.1, 0.15) is 0 Å². The molecule has 1 aromatic rings. The lowest BCUT2D eigenvalue weighted by molar-refractivity contribution is -0.135. The summed E-state index contributed by atoms with van der Waals surface area (Å²) in [6, 6.07) is 1.90. The number of hydrogen-bond acceptors (Lipinski definition) is 3. The summed E-state index contributed by atoms with van der Waals surface area (Å²) in [5, 5.41) is 4.25. The lowest BCUT2D eigenvalue weighted by atomic mass is 10.0. The SMILES string of the molecule is C[C@@H]1CC[C@H](C)N1[C@@H]1CCCN(C(=O)[C@@H]2C[C@@H]2c2cnn(C)c2)C1. The highest BCUT2D eigenvalue weighted by Crippen LogP contribution is 2.48. The number of likely N-dealkylation sites (tertiary alicyclic amines) is 2. The van der Waals surface area contributed by atoms with E-state index in [0.29, 0.717) is 30.0 Å². The molecule has 0 N–H and O–H groups in total. The van der Waals surface area contributed by atoms with Gasteiger partial charge in [0.2, 0.25) is 5.91 Å². The monoisotopic (exact) mass is 330 g/mol. The third-order valence-corrected chi connectivity index (χ3v) is 6.41. The summed E-state index contributed by atoms with van der Waals surface area (Å²) in [5.41, 5.74) is 1.23. The van der Waals surface area contributed by atoms with Gasteiger partial charge in [-0.25, -0.2) is 0 Å². The van der Waals surface area contributed by atoms with Crippen LogP contribution in [0.3, 0.4) is 0 Å². The molecule has 0 bridgehead atoms. The fraction of sp³-hybridized carbons (Fsp3) is 0.789. The Morgan fingerprint density at radius 1 is 1.21 bits per heavy atom. The molecule has 5 atom stereocenters. The zero-order valence-corrected chi connectivity index (χ0v) is 15.2. The standard InChI is InChI=1S/C19H30N4O/c1-13-6-7-14(2)23(13)16-5-4-8-22(12-16)19(24)18-9-17(18)15-10-20-21(3)11-15/h10-11,13-14,16-18H,4-9,12H2,1-3H3/t13-,14+,16-,17-,18-/m1/s1. The highest BCUT2D eigenvalue weighted by Gasteiger charge is 2.47. The van der Waals surface area contributed by atoms with Crippen LogP contribution in [0.15, 0.2) is 12.4 Å². The van der Waals surface area contributed by atoms with Crippen molar-refractivity contribution in [2.45, 2.75) is 70.0 Å². The Bertz CT molecular complexity index is 602. The predicted molar refractivity (Wildman–Crippen MR) is 93.7 cm³/mol. The van der Waals surface area contributed by atoms with Gasteiger partial charge < -0.3 is 4.90 Å². The topological polar surface area (TPSA) is 41.4 Å². The maximum absolute atomic E-state index is 13.0. The van der Waals surface area contributed by atoms with Crippen LogP contribution in [0.5, 0.6) is 0 Å². The first kappa shape index (κ1) is 16.1. The highest BCUT2D eigenvalue weighted by atomic mass is 16.2. The highest BCUT2D eigenvalue weighted by molar-refractivity contribution is 5.83. The van der Waals surface area contributed by atoms with E-state index in [4.69, 9.17) is 0 Å². The van der Waals surface area contributed by atoms with Gasteiger partial charge >= 0.3 is 0 Å². The molecule has 5 nitrogen and oxygen atoms in total. The molecule has 132 valence electrons. The van der Waals surface area contributed by atoms with Gasteiger partial charge in [0, 0.05) is 50.4 Å². The Morgan fingerprint density at radius 3 is 2.62 bits per heavy atom. The zero-order chi connectivity index (χ0) is 16.8. The van der Waals surface area contributed by atoms with Crippen molar-refractivity contribution in [3.63, 3.8) is 0 Å². The zero-order valence-electron chi connectivity index (χ0n) is 15.2. The maximum atomic E-state index is 13.0. The van der Waals surface area contributed by atoms with E-state index >= 15 is 0 Å². The molecule has 1 amide bonds. The summed E-state index contributed by atoms with van der Waals surface area (Å²) in [7, 11) is 1.94. The van der Waals surface area contributed by atoms with Crippen LogP contribution < -0.4 is 0 Å². The number of aryl methyl sites for hydroxylation is 1. The molecular weight excluding hydrogens is 300 g/mol. The summed E-state index contributed by atoms with van der Waals surface area (Å²) in [6.07, 6.45) is 9.98. The summed E-state index contributed by atoms with van der Waals surface area (Å²) in [5.74, 6) is 0.977. The average molecular weight is 330 g/mol. The Kier molecular flexibility index (Phi) is 4.15. The molecule has 2 saturated heterocycles. The smallest absolute Gasteiger partial charge is 0.226 e. The lowest BCUT2D eigenvalue weighted by Gasteiger charge is -2.41. The first-order valence-electron chi connectivity index (χ1n) is 9.59. The summed E-state index contributed by atoms with van der Waals surface area (Å²) < 4.78 is 1.84. The van der Waals surface area contributed by atoms with Gasteiger partial charge in [-0.1, -0.05) is 0 Å². The number of carbonyl (C=O) groups is 1. The quantitative estimate of drug-likeness (QED) is 0.854. The van der Waals surface area contributed by atoms with Crippen LogP contribution in [0.25, 0.3) is 0 Å². The van der Waals surface area contributed by atoms with Gasteiger partial charge in [-0.2, -0.15) is 5.10 Å². The third kappa shape index (κ3) is 2.87. The lowest BCUT2D eigenvalue weighted by Crippen LogP contribution is -2.52. The van der Waals surface area contributed by atoms with E-state index in [2.05, 4.69) is 34.9 Å². The first-order chi connectivity index (χ1) is 11.5. The summed E-state index contributed by atoms with van der Waals surface area (Å²) in [4.78, 5) is 17.8. The summed E-state index contributed by atoms with van der Waals surface area (Å²) >= 11 is 0. The van der Waals surface area contributed by atoms with Crippen molar-refractivity contribution in [1.29, 1.82) is 0 Å². The van der Waals surface area contributed by atoms with Gasteiger partial charge in [-0.05, 0) is 57.4 Å². The van der Waals surface area contributed by atoms with Gasteiger partial charge in [0.05, 0.1) is 6.20 Å². The van der Waals surface area contributed by atoms with Crippen molar-refractivity contribution in [3.05, 3.63) is 18.0 Å². The van der Waals surface area contributed by atoms with E-state index in [1.54, 1.807) is 0 Å². The third-order valence-electron chi connectivity index (χ3n) is 6.41. The molecule has 1 aliphatic carbocycles. The van der Waals surface area contributed by atoms with Crippen molar-refractivity contribution in [2.75, 3.05) is 13.1 Å². The first-order valence-corrected chi connectivity index (χ1v) is 9.59. The molecule has 2 aliphatic heterocycles.